The third-order valence-electron chi connectivity index (χ3n) is 7.18. The van der Waals surface area contributed by atoms with E-state index in [-0.39, 0.29) is 24.8 Å². The van der Waals surface area contributed by atoms with Crippen molar-refractivity contribution in [1.82, 2.24) is 0 Å². The highest BCUT2D eigenvalue weighted by Gasteiger charge is 2.27. The summed E-state index contributed by atoms with van der Waals surface area (Å²) in [5.41, 5.74) is 6.88. The number of carboxylic acids is 1. The number of aryl methyl sites for hydroxylation is 1. The molecule has 2 unspecified atom stereocenters. The Labute approximate surface area is 224 Å². The van der Waals surface area contributed by atoms with Crippen molar-refractivity contribution >= 4 is 16.8 Å². The second-order valence-corrected chi connectivity index (χ2v) is 11.5. The predicted molar refractivity (Wildman–Crippen MR) is 144 cm³/mol. The lowest BCUT2D eigenvalue weighted by Gasteiger charge is -2.28. The number of aliphatic carboxylic acids is 1. The molecule has 0 aromatic heterocycles. The Morgan fingerprint density at radius 2 is 1.95 bits per heavy atom. The number of rotatable bonds is 11. The van der Waals surface area contributed by atoms with E-state index >= 15 is 0 Å². The van der Waals surface area contributed by atoms with Gasteiger partial charge in [-0.3, -0.25) is 9.00 Å². The van der Waals surface area contributed by atoms with Gasteiger partial charge < -0.3 is 19.3 Å². The van der Waals surface area contributed by atoms with Crippen LogP contribution in [0.25, 0.3) is 11.1 Å². The van der Waals surface area contributed by atoms with E-state index in [1.54, 1.807) is 18.4 Å². The second-order valence-electron chi connectivity index (χ2n) is 9.90. The Hall–Kier alpha value is -3.39. The molecule has 0 fully saturated rings. The molecule has 0 amide bonds. The molecule has 5 rings (SSSR count). The van der Waals surface area contributed by atoms with Gasteiger partial charge in [0.05, 0.1) is 19.6 Å². The molecule has 2 aliphatic rings. The molecule has 200 valence electrons. The fourth-order valence-corrected chi connectivity index (χ4v) is 5.74. The lowest BCUT2D eigenvalue weighted by Crippen LogP contribution is -2.15. The van der Waals surface area contributed by atoms with Crippen LogP contribution in [0.3, 0.4) is 0 Å². The molecule has 1 heterocycles. The molecule has 2 atom stereocenters. The topological polar surface area (TPSA) is 82.1 Å². The molecule has 0 radical (unpaired) electrons. The van der Waals surface area contributed by atoms with Crippen molar-refractivity contribution in [3.05, 3.63) is 76.1 Å². The van der Waals surface area contributed by atoms with E-state index in [1.165, 1.54) is 17.2 Å². The van der Waals surface area contributed by atoms with Crippen molar-refractivity contribution < 1.29 is 32.7 Å². The number of carbonyl (C=O) groups is 1. The first-order valence-corrected chi connectivity index (χ1v) is 14.5. The molecule has 0 bridgehead atoms. The van der Waals surface area contributed by atoms with Crippen molar-refractivity contribution in [3.8, 4) is 28.4 Å². The third-order valence-corrected chi connectivity index (χ3v) is 8.04. The lowest BCUT2D eigenvalue weighted by molar-refractivity contribution is -0.137. The van der Waals surface area contributed by atoms with Crippen molar-refractivity contribution in [2.45, 2.75) is 45.1 Å². The van der Waals surface area contributed by atoms with Crippen LogP contribution in [0, 0.1) is 12.7 Å². The predicted octanol–water partition coefficient (Wildman–Crippen LogP) is 5.58. The molecular formula is C30H31FO6S. The van der Waals surface area contributed by atoms with Gasteiger partial charge in [0.1, 0.15) is 29.7 Å². The van der Waals surface area contributed by atoms with Gasteiger partial charge in [0.25, 0.3) is 0 Å². The van der Waals surface area contributed by atoms with E-state index in [2.05, 4.69) is 6.07 Å². The van der Waals surface area contributed by atoms with Gasteiger partial charge >= 0.3 is 5.97 Å². The quantitative estimate of drug-likeness (QED) is 0.321. The smallest absolute Gasteiger partial charge is 0.304 e. The van der Waals surface area contributed by atoms with Gasteiger partial charge in [-0.1, -0.05) is 12.1 Å². The molecule has 1 aliphatic heterocycles. The molecule has 1 N–H and O–H groups in total. The minimum Gasteiger partial charge on any atom is -0.493 e. The average molecular weight is 539 g/mol. The maximum absolute atomic E-state index is 14.8. The van der Waals surface area contributed by atoms with Crippen LogP contribution in [-0.4, -0.2) is 40.5 Å². The number of carboxylic acid groups (broad SMARTS) is 1. The molecule has 3 aromatic carbocycles. The normalized spacial score (nSPS) is 16.1. The first-order valence-electron chi connectivity index (χ1n) is 12.8. The van der Waals surface area contributed by atoms with Crippen LogP contribution < -0.4 is 14.2 Å². The van der Waals surface area contributed by atoms with Gasteiger partial charge in [0.2, 0.25) is 0 Å². The minimum absolute atomic E-state index is 0.0163. The molecule has 1 aliphatic carbocycles. The van der Waals surface area contributed by atoms with Crippen LogP contribution >= 0.6 is 0 Å². The van der Waals surface area contributed by atoms with Gasteiger partial charge in [0.15, 0.2) is 0 Å². The highest BCUT2D eigenvalue weighted by Crippen LogP contribution is 2.42. The number of hydrogen-bond acceptors (Lipinski definition) is 5. The van der Waals surface area contributed by atoms with E-state index in [4.69, 9.17) is 19.3 Å². The summed E-state index contributed by atoms with van der Waals surface area (Å²) in [6, 6.07) is 12.5. The van der Waals surface area contributed by atoms with E-state index in [1.807, 2.05) is 25.1 Å². The van der Waals surface area contributed by atoms with Crippen molar-refractivity contribution in [1.29, 1.82) is 0 Å². The summed E-state index contributed by atoms with van der Waals surface area (Å²) in [7, 11) is -0.821. The Morgan fingerprint density at radius 3 is 2.68 bits per heavy atom. The molecular weight excluding hydrogens is 507 g/mol. The zero-order valence-corrected chi connectivity index (χ0v) is 22.4. The Kier molecular flexibility index (Phi) is 7.70. The highest BCUT2D eigenvalue weighted by atomic mass is 32.2. The molecule has 38 heavy (non-hydrogen) atoms. The van der Waals surface area contributed by atoms with Gasteiger partial charge in [-0.15, -0.1) is 0 Å². The van der Waals surface area contributed by atoms with Gasteiger partial charge in [-0.2, -0.15) is 0 Å². The number of benzene rings is 3. The van der Waals surface area contributed by atoms with Crippen molar-refractivity contribution in [3.63, 3.8) is 0 Å². The summed E-state index contributed by atoms with van der Waals surface area (Å²) in [6.45, 7) is 2.97. The summed E-state index contributed by atoms with van der Waals surface area (Å²) in [5, 5.41) is 9.09. The van der Waals surface area contributed by atoms with Gasteiger partial charge in [0, 0.05) is 45.9 Å². The number of ether oxygens (including phenoxy) is 3. The Bertz CT molecular complexity index is 1400. The molecule has 6 nitrogen and oxygen atoms in total. The van der Waals surface area contributed by atoms with E-state index in [9.17, 15) is 13.4 Å². The molecule has 0 saturated carbocycles. The number of fused-ring (bicyclic) bond motifs is 2. The lowest BCUT2D eigenvalue weighted by atomic mass is 9.79. The SMILES string of the molecule is Cc1cc(OCCCS(C)=O)c2c(c1-c1ccc(F)c(COc3ccc4c(c3)OCC4CC(=O)O)c1)CC2. The number of hydrogen-bond donors (Lipinski definition) is 1. The van der Waals surface area contributed by atoms with Crippen LogP contribution in [-0.2, 0) is 35.0 Å². The van der Waals surface area contributed by atoms with Crippen LogP contribution in [0.1, 0.15) is 46.6 Å². The zero-order valence-electron chi connectivity index (χ0n) is 21.6. The Balaban J connectivity index is 1.31. The molecule has 3 aromatic rings. The monoisotopic (exact) mass is 538 g/mol. The van der Waals surface area contributed by atoms with Crippen molar-refractivity contribution in [2.24, 2.45) is 0 Å². The molecule has 0 spiro atoms. The van der Waals surface area contributed by atoms with E-state index in [0.717, 1.165) is 47.3 Å². The highest BCUT2D eigenvalue weighted by molar-refractivity contribution is 7.84. The minimum atomic E-state index is -0.861. The fraction of sp³-hybridized carbons (Fsp3) is 0.367. The Morgan fingerprint density at radius 1 is 1.13 bits per heavy atom. The maximum atomic E-state index is 14.8. The second kappa shape index (κ2) is 11.2. The van der Waals surface area contributed by atoms with Gasteiger partial charge in [-0.05, 0) is 78.3 Å². The summed E-state index contributed by atoms with van der Waals surface area (Å²) < 4.78 is 43.7. The van der Waals surface area contributed by atoms with E-state index < -0.39 is 16.8 Å². The molecule has 0 saturated heterocycles. The van der Waals surface area contributed by atoms with Crippen LogP contribution in [0.2, 0.25) is 0 Å². The standard InChI is InChI=1S/C30H31FO6S/c1-18-12-27(35-10-3-11-38(2)34)24-7-8-25(24)30(18)19-4-9-26(31)21(13-19)17-36-22-5-6-23-20(14-29(32)33)16-37-28(23)15-22/h4-6,9,12-13,15,20H,3,7-8,10-11,14,16-17H2,1-2H3,(H,32,33). The number of halogens is 1. The fourth-order valence-electron chi connectivity index (χ4n) is 5.22. The molecule has 8 heteroatoms. The zero-order chi connectivity index (χ0) is 26.8. The van der Waals surface area contributed by atoms with Crippen molar-refractivity contribution in [2.75, 3.05) is 25.2 Å². The summed E-state index contributed by atoms with van der Waals surface area (Å²) in [6.07, 6.45) is 4.36. The van der Waals surface area contributed by atoms with Gasteiger partial charge in [-0.25, -0.2) is 4.39 Å². The largest absolute Gasteiger partial charge is 0.493 e. The first kappa shape index (κ1) is 26.2. The van der Waals surface area contributed by atoms with E-state index in [0.29, 0.717) is 36.0 Å². The first-order chi connectivity index (χ1) is 18.3. The van der Waals surface area contributed by atoms with Crippen LogP contribution in [0.15, 0.2) is 42.5 Å². The van der Waals surface area contributed by atoms with Crippen LogP contribution in [0.4, 0.5) is 4.39 Å². The summed E-state index contributed by atoms with van der Waals surface area (Å²) in [4.78, 5) is 11.1. The average Bonchev–Trinajstić information content (AvgIpc) is 3.24. The maximum Gasteiger partial charge on any atom is 0.304 e. The summed E-state index contributed by atoms with van der Waals surface area (Å²) in [5.74, 6) is 1.30. The summed E-state index contributed by atoms with van der Waals surface area (Å²) >= 11 is 0. The van der Waals surface area contributed by atoms with Crippen LogP contribution in [0.5, 0.6) is 17.2 Å². The third kappa shape index (κ3) is 5.55.